The summed E-state index contributed by atoms with van der Waals surface area (Å²) in [4.78, 5) is 12.2. The lowest BCUT2D eigenvalue weighted by Crippen LogP contribution is -2.55. The monoisotopic (exact) mass is 413 g/mol. The second-order valence-corrected chi connectivity index (χ2v) is 9.17. The fourth-order valence-electron chi connectivity index (χ4n) is 3.15. The summed E-state index contributed by atoms with van der Waals surface area (Å²) in [5.41, 5.74) is 1.95. The number of alkyl halides is 1. The fraction of sp³-hybridized carbons (Fsp3) is 0.471. The van der Waals surface area contributed by atoms with Crippen LogP contribution >= 0.6 is 15.9 Å². The minimum Gasteiger partial charge on any atom is -0.447 e. The number of carbonyl (C=O) groups excluding carboxylic acids is 1. The van der Waals surface area contributed by atoms with Gasteiger partial charge >= 0.3 is 6.09 Å². The van der Waals surface area contributed by atoms with E-state index in [2.05, 4.69) is 22.0 Å². The molecule has 2 atom stereocenters. The van der Waals surface area contributed by atoms with E-state index in [-0.39, 0.29) is 16.3 Å². The van der Waals surface area contributed by atoms with Crippen molar-refractivity contribution in [3.63, 3.8) is 0 Å². The first kappa shape index (κ1) is 17.5. The summed E-state index contributed by atoms with van der Waals surface area (Å²) >= 11 is 3.51. The largest absolute Gasteiger partial charge is 0.447 e. The molecule has 0 unspecified atom stereocenters. The molecule has 0 saturated carbocycles. The van der Waals surface area contributed by atoms with Crippen molar-refractivity contribution in [2.45, 2.75) is 48.4 Å². The minimum atomic E-state index is -3.97. The van der Waals surface area contributed by atoms with Gasteiger partial charge in [-0.15, -0.1) is 0 Å². The van der Waals surface area contributed by atoms with Gasteiger partial charge in [-0.2, -0.15) is 4.31 Å². The third-order valence-corrected chi connectivity index (χ3v) is 6.95. The molecule has 1 aromatic carbocycles. The Morgan fingerprint density at radius 1 is 1.21 bits per heavy atom. The number of hydrogen-bond donors (Lipinski definition) is 0. The molecule has 0 spiro atoms. The number of hydrogen-bond acceptors (Lipinski definition) is 4. The number of rotatable bonds is 3. The van der Waals surface area contributed by atoms with E-state index in [1.165, 1.54) is 12.1 Å². The summed E-state index contributed by atoms with van der Waals surface area (Å²) in [5.74, 6) is 0. The van der Waals surface area contributed by atoms with Gasteiger partial charge in [-0.3, -0.25) is 0 Å². The summed E-state index contributed by atoms with van der Waals surface area (Å²) in [6.45, 7) is 2.05. The molecule has 0 aromatic heterocycles. The lowest BCUT2D eigenvalue weighted by Gasteiger charge is -2.39. The van der Waals surface area contributed by atoms with Crippen molar-refractivity contribution in [3.8, 4) is 0 Å². The number of allylic oxidation sites excluding steroid dienone is 1. The zero-order valence-electron chi connectivity index (χ0n) is 13.4. The third kappa shape index (κ3) is 3.24. The van der Waals surface area contributed by atoms with E-state index in [4.69, 9.17) is 4.74 Å². The highest BCUT2D eigenvalue weighted by Crippen LogP contribution is 2.35. The molecule has 1 amide bonds. The van der Waals surface area contributed by atoms with Crippen LogP contribution in [-0.2, 0) is 14.8 Å². The lowest BCUT2D eigenvalue weighted by atomic mass is 9.92. The van der Waals surface area contributed by atoms with E-state index >= 15 is 0 Å². The predicted molar refractivity (Wildman–Crippen MR) is 94.6 cm³/mol. The molecule has 3 rings (SSSR count). The van der Waals surface area contributed by atoms with Gasteiger partial charge in [0, 0.05) is 0 Å². The molecule has 1 saturated heterocycles. The molecule has 7 heteroatoms. The number of halogens is 1. The summed E-state index contributed by atoms with van der Waals surface area (Å²) in [6.07, 6.45) is 5.09. The first-order valence-corrected chi connectivity index (χ1v) is 10.4. The van der Waals surface area contributed by atoms with Crippen LogP contribution in [0.15, 0.2) is 40.8 Å². The van der Waals surface area contributed by atoms with Gasteiger partial charge in [0.2, 0.25) is 0 Å². The fourth-order valence-corrected chi connectivity index (χ4v) is 5.55. The van der Waals surface area contributed by atoms with Gasteiger partial charge in [0.25, 0.3) is 10.0 Å². The summed E-state index contributed by atoms with van der Waals surface area (Å²) in [5, 5.41) is 0. The molecule has 1 heterocycles. The number of sulfonamides is 1. The molecule has 1 fully saturated rings. The van der Waals surface area contributed by atoms with E-state index < -0.39 is 22.2 Å². The third-order valence-electron chi connectivity index (χ3n) is 4.43. The molecule has 0 N–H and O–H groups in total. The summed E-state index contributed by atoms with van der Waals surface area (Å²) in [7, 11) is -3.97. The highest BCUT2D eigenvalue weighted by atomic mass is 79.9. The van der Waals surface area contributed by atoms with Crippen LogP contribution in [0.25, 0.3) is 0 Å². The van der Waals surface area contributed by atoms with Gasteiger partial charge in [0.15, 0.2) is 0 Å². The van der Waals surface area contributed by atoms with Crippen molar-refractivity contribution >= 4 is 32.0 Å². The number of nitrogens with zero attached hydrogens (tertiary/aromatic N) is 1. The summed E-state index contributed by atoms with van der Waals surface area (Å²) in [6, 6.07) is 5.98. The predicted octanol–water partition coefficient (Wildman–Crippen LogP) is 3.77. The number of ether oxygens (including phenoxy) is 1. The van der Waals surface area contributed by atoms with Crippen LogP contribution in [0.2, 0.25) is 0 Å². The lowest BCUT2D eigenvalue weighted by molar-refractivity contribution is 0.0900. The maximum absolute atomic E-state index is 13.1. The average Bonchev–Trinajstić information content (AvgIpc) is 2.57. The van der Waals surface area contributed by atoms with Crippen LogP contribution in [0, 0.1) is 6.92 Å². The Bertz CT molecular complexity index is 757. The van der Waals surface area contributed by atoms with Crippen molar-refractivity contribution in [1.29, 1.82) is 0 Å². The van der Waals surface area contributed by atoms with E-state index in [0.717, 1.165) is 41.1 Å². The molecular weight excluding hydrogens is 394 g/mol. The van der Waals surface area contributed by atoms with Crippen molar-refractivity contribution in [3.05, 3.63) is 41.5 Å². The highest BCUT2D eigenvalue weighted by Gasteiger charge is 2.45. The number of carbonyl (C=O) groups is 1. The Labute approximate surface area is 150 Å². The first-order valence-electron chi connectivity index (χ1n) is 8.02. The van der Waals surface area contributed by atoms with E-state index in [0.29, 0.717) is 0 Å². The Balaban J connectivity index is 2.04. The molecular formula is C17H20BrNO4S. The van der Waals surface area contributed by atoms with Crippen molar-refractivity contribution in [2.24, 2.45) is 0 Å². The van der Waals surface area contributed by atoms with Gasteiger partial charge in [-0.1, -0.05) is 39.7 Å². The number of benzene rings is 1. The smallest absolute Gasteiger partial charge is 0.424 e. The van der Waals surface area contributed by atoms with Crippen LogP contribution in [0.3, 0.4) is 0 Å². The van der Waals surface area contributed by atoms with E-state index in [1.54, 1.807) is 12.1 Å². The molecule has 1 aliphatic heterocycles. The minimum absolute atomic E-state index is 0.105. The second-order valence-electron chi connectivity index (χ2n) is 6.18. The van der Waals surface area contributed by atoms with Gasteiger partial charge in [0.05, 0.1) is 15.8 Å². The molecule has 1 aromatic rings. The van der Waals surface area contributed by atoms with Gasteiger partial charge in [-0.05, 0) is 50.3 Å². The van der Waals surface area contributed by atoms with Crippen LogP contribution in [0.4, 0.5) is 4.79 Å². The second kappa shape index (κ2) is 6.88. The SMILES string of the molecule is Cc1ccc(S(=O)(=O)N2C(=O)OC[C@H](Br)[C@H]2C2=CCCCC2)cc1. The zero-order valence-corrected chi connectivity index (χ0v) is 15.8. The Hall–Kier alpha value is -1.34. The van der Waals surface area contributed by atoms with Crippen molar-refractivity contribution in [2.75, 3.05) is 6.61 Å². The van der Waals surface area contributed by atoms with Crippen LogP contribution in [-0.4, -0.2) is 36.3 Å². The quantitative estimate of drug-likeness (QED) is 0.558. The Morgan fingerprint density at radius 2 is 1.92 bits per heavy atom. The molecule has 130 valence electrons. The molecule has 2 aliphatic rings. The van der Waals surface area contributed by atoms with Crippen LogP contribution in [0.1, 0.15) is 31.2 Å². The Morgan fingerprint density at radius 3 is 2.54 bits per heavy atom. The molecule has 0 bridgehead atoms. The number of cyclic esters (lactones) is 1. The van der Waals surface area contributed by atoms with Gasteiger partial charge in [-0.25, -0.2) is 13.2 Å². The van der Waals surface area contributed by atoms with Gasteiger partial charge < -0.3 is 4.74 Å². The zero-order chi connectivity index (χ0) is 17.3. The topological polar surface area (TPSA) is 63.7 Å². The number of aryl methyl sites for hydroxylation is 1. The van der Waals surface area contributed by atoms with Gasteiger partial charge in [0.1, 0.15) is 6.61 Å². The molecule has 0 radical (unpaired) electrons. The highest BCUT2D eigenvalue weighted by molar-refractivity contribution is 9.09. The van der Waals surface area contributed by atoms with E-state index in [1.807, 2.05) is 6.92 Å². The standard InChI is InChI=1S/C17H20BrNO4S/c1-12-7-9-14(10-8-12)24(21,22)19-16(13-5-3-2-4-6-13)15(18)11-23-17(19)20/h5,7-10,15-16H,2-4,6,11H2,1H3/t15-,16+/m0/s1. The van der Waals surface area contributed by atoms with E-state index in [9.17, 15) is 13.2 Å². The molecule has 24 heavy (non-hydrogen) atoms. The molecule has 1 aliphatic carbocycles. The van der Waals surface area contributed by atoms with Crippen LogP contribution < -0.4 is 0 Å². The van der Waals surface area contributed by atoms with Crippen molar-refractivity contribution < 1.29 is 17.9 Å². The number of amides is 1. The summed E-state index contributed by atoms with van der Waals surface area (Å²) < 4.78 is 32.2. The molecule has 5 nitrogen and oxygen atoms in total. The first-order chi connectivity index (χ1) is 11.4. The van der Waals surface area contributed by atoms with Crippen molar-refractivity contribution in [1.82, 2.24) is 4.31 Å². The Kier molecular flexibility index (Phi) is 5.01. The normalized spacial score (nSPS) is 25.2. The maximum Gasteiger partial charge on any atom is 0.424 e. The average molecular weight is 414 g/mol. The van der Waals surface area contributed by atoms with Crippen LogP contribution in [0.5, 0.6) is 0 Å². The maximum atomic E-state index is 13.1.